The van der Waals surface area contributed by atoms with Gasteiger partial charge in [-0.2, -0.15) is 0 Å². The van der Waals surface area contributed by atoms with Crippen LogP contribution in [0.1, 0.15) is 16.7 Å². The van der Waals surface area contributed by atoms with Crippen molar-refractivity contribution in [2.45, 2.75) is 20.4 Å². The second kappa shape index (κ2) is 3.51. The molecule has 0 heterocycles. The Hall–Kier alpha value is -0.860. The molecule has 1 rings (SSSR count). The van der Waals surface area contributed by atoms with Gasteiger partial charge in [-0.3, -0.25) is 11.3 Å². The highest BCUT2D eigenvalue weighted by atomic mass is 15.2. The highest BCUT2D eigenvalue weighted by Crippen LogP contribution is 2.09. The standard InChI is InChI=1S/C9H14N2/c1-7-3-4-9(6-11-10)8(2)5-7/h3-5,11H,6,10H2,1-2H3. The lowest BCUT2D eigenvalue weighted by Gasteiger charge is -2.04. The van der Waals surface area contributed by atoms with Crippen LogP contribution in [0.4, 0.5) is 0 Å². The van der Waals surface area contributed by atoms with Gasteiger partial charge in [-0.05, 0) is 25.0 Å². The van der Waals surface area contributed by atoms with Crippen LogP contribution in [0.15, 0.2) is 18.2 Å². The summed E-state index contributed by atoms with van der Waals surface area (Å²) in [4.78, 5) is 0. The first kappa shape index (κ1) is 8.24. The average Bonchev–Trinajstić information content (AvgIpc) is 1.95. The van der Waals surface area contributed by atoms with Gasteiger partial charge in [0.25, 0.3) is 0 Å². The third-order valence-corrected chi connectivity index (χ3v) is 1.79. The molecule has 0 amide bonds. The molecule has 2 heteroatoms. The molecule has 1 aromatic rings. The topological polar surface area (TPSA) is 38.0 Å². The van der Waals surface area contributed by atoms with Crippen LogP contribution < -0.4 is 11.3 Å². The smallest absolute Gasteiger partial charge is 0.0351 e. The Kier molecular flexibility index (Phi) is 2.63. The highest BCUT2D eigenvalue weighted by molar-refractivity contribution is 5.30. The summed E-state index contributed by atoms with van der Waals surface area (Å²) in [5.74, 6) is 5.22. The molecular weight excluding hydrogens is 136 g/mol. The number of aryl methyl sites for hydroxylation is 2. The van der Waals surface area contributed by atoms with Crippen molar-refractivity contribution in [3.63, 3.8) is 0 Å². The van der Waals surface area contributed by atoms with Gasteiger partial charge in [0.15, 0.2) is 0 Å². The van der Waals surface area contributed by atoms with E-state index in [0.717, 1.165) is 6.54 Å². The lowest BCUT2D eigenvalue weighted by atomic mass is 10.1. The number of hydrogen-bond donors (Lipinski definition) is 2. The lowest BCUT2D eigenvalue weighted by Crippen LogP contribution is -2.21. The van der Waals surface area contributed by atoms with Crippen molar-refractivity contribution in [3.8, 4) is 0 Å². The van der Waals surface area contributed by atoms with Gasteiger partial charge in [0, 0.05) is 6.54 Å². The normalized spacial score (nSPS) is 10.1. The zero-order valence-electron chi connectivity index (χ0n) is 7.02. The minimum absolute atomic E-state index is 0.742. The lowest BCUT2D eigenvalue weighted by molar-refractivity contribution is 0.737. The first-order valence-electron chi connectivity index (χ1n) is 3.73. The molecule has 0 fully saturated rings. The van der Waals surface area contributed by atoms with Crippen molar-refractivity contribution in [1.29, 1.82) is 0 Å². The van der Waals surface area contributed by atoms with Gasteiger partial charge in [0.2, 0.25) is 0 Å². The molecule has 0 spiro atoms. The maximum atomic E-state index is 5.22. The van der Waals surface area contributed by atoms with E-state index in [0.29, 0.717) is 0 Å². The van der Waals surface area contributed by atoms with Gasteiger partial charge in [0.1, 0.15) is 0 Å². The Morgan fingerprint density at radius 2 is 2.09 bits per heavy atom. The number of nitrogens with one attached hydrogen (secondary N) is 1. The van der Waals surface area contributed by atoms with Gasteiger partial charge in [-0.15, -0.1) is 0 Å². The maximum Gasteiger partial charge on any atom is 0.0351 e. The second-order valence-electron chi connectivity index (χ2n) is 2.81. The summed E-state index contributed by atoms with van der Waals surface area (Å²) in [7, 11) is 0. The summed E-state index contributed by atoms with van der Waals surface area (Å²) >= 11 is 0. The quantitative estimate of drug-likeness (QED) is 0.492. The van der Waals surface area contributed by atoms with Crippen LogP contribution in [0.5, 0.6) is 0 Å². The Labute approximate surface area is 67.4 Å². The monoisotopic (exact) mass is 150 g/mol. The van der Waals surface area contributed by atoms with Gasteiger partial charge >= 0.3 is 0 Å². The van der Waals surface area contributed by atoms with Crippen molar-refractivity contribution in [1.82, 2.24) is 5.43 Å². The highest BCUT2D eigenvalue weighted by Gasteiger charge is 1.95. The number of nitrogens with two attached hydrogens (primary N) is 1. The van der Waals surface area contributed by atoms with Crippen LogP contribution in [-0.4, -0.2) is 0 Å². The molecule has 0 atom stereocenters. The van der Waals surface area contributed by atoms with E-state index in [-0.39, 0.29) is 0 Å². The summed E-state index contributed by atoms with van der Waals surface area (Å²) in [6, 6.07) is 6.36. The molecule has 0 aliphatic rings. The van der Waals surface area contributed by atoms with Crippen molar-refractivity contribution >= 4 is 0 Å². The molecule has 3 N–H and O–H groups in total. The summed E-state index contributed by atoms with van der Waals surface area (Å²) in [6.07, 6.45) is 0. The fourth-order valence-corrected chi connectivity index (χ4v) is 1.15. The molecule has 0 radical (unpaired) electrons. The molecule has 1 aromatic carbocycles. The van der Waals surface area contributed by atoms with Crippen LogP contribution in [0.3, 0.4) is 0 Å². The van der Waals surface area contributed by atoms with Gasteiger partial charge < -0.3 is 0 Å². The van der Waals surface area contributed by atoms with E-state index in [9.17, 15) is 0 Å². The van der Waals surface area contributed by atoms with E-state index in [4.69, 9.17) is 5.84 Å². The van der Waals surface area contributed by atoms with Crippen molar-refractivity contribution in [2.75, 3.05) is 0 Å². The molecule has 0 aliphatic heterocycles. The molecule has 11 heavy (non-hydrogen) atoms. The molecule has 0 bridgehead atoms. The van der Waals surface area contributed by atoms with Crippen LogP contribution in [0.2, 0.25) is 0 Å². The fourth-order valence-electron chi connectivity index (χ4n) is 1.15. The SMILES string of the molecule is Cc1ccc(CNN)c(C)c1. The average molecular weight is 150 g/mol. The van der Waals surface area contributed by atoms with E-state index < -0.39 is 0 Å². The first-order valence-corrected chi connectivity index (χ1v) is 3.73. The number of hydrazine groups is 1. The zero-order valence-corrected chi connectivity index (χ0v) is 7.02. The first-order chi connectivity index (χ1) is 5.24. The number of benzene rings is 1. The van der Waals surface area contributed by atoms with Crippen LogP contribution in [-0.2, 0) is 6.54 Å². The maximum absolute atomic E-state index is 5.22. The molecule has 2 nitrogen and oxygen atoms in total. The summed E-state index contributed by atoms with van der Waals surface area (Å²) in [5.41, 5.74) is 6.50. The van der Waals surface area contributed by atoms with Gasteiger partial charge in [-0.25, -0.2) is 0 Å². The molecular formula is C9H14N2. The third-order valence-electron chi connectivity index (χ3n) is 1.79. The van der Waals surface area contributed by atoms with E-state index in [2.05, 4.69) is 37.5 Å². The molecule has 0 saturated heterocycles. The third kappa shape index (κ3) is 2.03. The Morgan fingerprint density at radius 3 is 2.64 bits per heavy atom. The minimum atomic E-state index is 0.742. The van der Waals surface area contributed by atoms with E-state index in [1.807, 2.05) is 0 Å². The Morgan fingerprint density at radius 1 is 1.36 bits per heavy atom. The predicted molar refractivity (Wildman–Crippen MR) is 46.9 cm³/mol. The predicted octanol–water partition coefficient (Wildman–Crippen LogP) is 1.27. The largest absolute Gasteiger partial charge is 0.271 e. The van der Waals surface area contributed by atoms with Crippen LogP contribution >= 0.6 is 0 Å². The Balaban J connectivity index is 2.90. The summed E-state index contributed by atoms with van der Waals surface area (Å²) in [5, 5.41) is 0. The zero-order chi connectivity index (χ0) is 8.27. The summed E-state index contributed by atoms with van der Waals surface area (Å²) < 4.78 is 0. The number of rotatable bonds is 2. The van der Waals surface area contributed by atoms with E-state index in [1.54, 1.807) is 0 Å². The van der Waals surface area contributed by atoms with Gasteiger partial charge in [0.05, 0.1) is 0 Å². The Bertz CT molecular complexity index is 243. The van der Waals surface area contributed by atoms with Crippen LogP contribution in [0, 0.1) is 13.8 Å². The molecule has 60 valence electrons. The van der Waals surface area contributed by atoms with Crippen LogP contribution in [0.25, 0.3) is 0 Å². The molecule has 0 aromatic heterocycles. The minimum Gasteiger partial charge on any atom is -0.271 e. The summed E-state index contributed by atoms with van der Waals surface area (Å²) in [6.45, 7) is 4.93. The molecule has 0 saturated carbocycles. The van der Waals surface area contributed by atoms with Crippen molar-refractivity contribution < 1.29 is 0 Å². The molecule has 0 aliphatic carbocycles. The second-order valence-corrected chi connectivity index (χ2v) is 2.81. The van der Waals surface area contributed by atoms with Crippen molar-refractivity contribution in [2.24, 2.45) is 5.84 Å². The molecule has 0 unspecified atom stereocenters. The van der Waals surface area contributed by atoms with Crippen molar-refractivity contribution in [3.05, 3.63) is 34.9 Å². The number of hydrogen-bond acceptors (Lipinski definition) is 2. The fraction of sp³-hybridized carbons (Fsp3) is 0.333. The van der Waals surface area contributed by atoms with E-state index >= 15 is 0 Å². The van der Waals surface area contributed by atoms with E-state index in [1.165, 1.54) is 16.7 Å². The van der Waals surface area contributed by atoms with Gasteiger partial charge in [-0.1, -0.05) is 23.8 Å².